The summed E-state index contributed by atoms with van der Waals surface area (Å²) >= 11 is 0. The molecule has 146 valence electrons. The Morgan fingerprint density at radius 2 is 2.08 bits per heavy atom. The van der Waals surface area contributed by atoms with Crippen molar-refractivity contribution in [2.24, 2.45) is 4.99 Å². The highest BCUT2D eigenvalue weighted by Gasteiger charge is 2.14. The van der Waals surface area contributed by atoms with Crippen LogP contribution in [-0.4, -0.2) is 56.8 Å². The highest BCUT2D eigenvalue weighted by Crippen LogP contribution is 2.13. The van der Waals surface area contributed by atoms with Gasteiger partial charge in [-0.1, -0.05) is 19.0 Å². The first kappa shape index (κ1) is 24.1. The van der Waals surface area contributed by atoms with Crippen LogP contribution in [0.3, 0.4) is 0 Å². The fraction of sp³-hybridized carbons (Fsp3) is 0.733. The minimum atomic E-state index is -3.12. The monoisotopic (exact) mass is 487 g/mol. The van der Waals surface area contributed by atoms with Crippen molar-refractivity contribution in [2.75, 3.05) is 32.9 Å². The summed E-state index contributed by atoms with van der Waals surface area (Å²) in [7, 11) is 0.168. The maximum absolute atomic E-state index is 11.6. The molecule has 10 heteroatoms. The zero-order valence-electron chi connectivity index (χ0n) is 15.6. The molecule has 0 bridgehead atoms. The van der Waals surface area contributed by atoms with Gasteiger partial charge in [-0.3, -0.25) is 4.99 Å². The number of sulfonamides is 1. The first-order valence-corrected chi connectivity index (χ1v) is 9.75. The first-order chi connectivity index (χ1) is 11.3. The van der Waals surface area contributed by atoms with Crippen LogP contribution in [0.25, 0.3) is 0 Å². The quantitative estimate of drug-likeness (QED) is 0.238. The zero-order chi connectivity index (χ0) is 18.2. The number of rotatable bonds is 9. The van der Waals surface area contributed by atoms with E-state index in [4.69, 9.17) is 4.52 Å². The van der Waals surface area contributed by atoms with Gasteiger partial charge in [-0.25, -0.2) is 12.7 Å². The molecule has 8 nitrogen and oxygen atoms in total. The van der Waals surface area contributed by atoms with Gasteiger partial charge in [0.15, 0.2) is 11.7 Å². The maximum Gasteiger partial charge on any atom is 0.213 e. The molecule has 2 N–H and O–H groups in total. The molecule has 0 fully saturated rings. The Hall–Kier alpha value is -0.880. The summed E-state index contributed by atoms with van der Waals surface area (Å²) in [5.41, 5.74) is 0.926. The third-order valence-electron chi connectivity index (χ3n) is 3.60. The van der Waals surface area contributed by atoms with Crippen molar-refractivity contribution < 1.29 is 12.9 Å². The van der Waals surface area contributed by atoms with E-state index >= 15 is 0 Å². The van der Waals surface area contributed by atoms with E-state index in [-0.39, 0.29) is 29.7 Å². The van der Waals surface area contributed by atoms with E-state index in [1.165, 1.54) is 4.31 Å². The van der Waals surface area contributed by atoms with Crippen LogP contribution in [0, 0.1) is 0 Å². The molecular formula is C15H30IN5O3S. The second kappa shape index (κ2) is 11.7. The van der Waals surface area contributed by atoms with Gasteiger partial charge in [-0.15, -0.1) is 24.0 Å². The number of nitrogens with one attached hydrogen (secondary N) is 2. The van der Waals surface area contributed by atoms with E-state index < -0.39 is 10.0 Å². The summed E-state index contributed by atoms with van der Waals surface area (Å²) in [5, 5.41) is 10.3. The molecule has 25 heavy (non-hydrogen) atoms. The Labute approximate surface area is 167 Å². The highest BCUT2D eigenvalue weighted by atomic mass is 127. The van der Waals surface area contributed by atoms with Crippen molar-refractivity contribution in [2.45, 2.75) is 39.7 Å². The summed E-state index contributed by atoms with van der Waals surface area (Å²) in [6, 6.07) is 1.93. The molecule has 1 aromatic rings. The molecule has 0 aliphatic carbocycles. The summed E-state index contributed by atoms with van der Waals surface area (Å²) < 4.78 is 29.9. The Morgan fingerprint density at radius 3 is 2.60 bits per heavy atom. The summed E-state index contributed by atoms with van der Waals surface area (Å²) in [6.07, 6.45) is 0.691. The Morgan fingerprint density at radius 1 is 1.40 bits per heavy atom. The van der Waals surface area contributed by atoms with Crippen molar-refractivity contribution in [3.05, 3.63) is 17.5 Å². The first-order valence-electron chi connectivity index (χ1n) is 8.14. The minimum Gasteiger partial charge on any atom is -0.359 e. The van der Waals surface area contributed by atoms with Gasteiger partial charge in [0.25, 0.3) is 0 Å². The number of hydrogen-bond donors (Lipinski definition) is 2. The van der Waals surface area contributed by atoms with Crippen LogP contribution in [0.4, 0.5) is 0 Å². The molecule has 1 heterocycles. The van der Waals surface area contributed by atoms with Gasteiger partial charge < -0.3 is 15.2 Å². The smallest absolute Gasteiger partial charge is 0.213 e. The van der Waals surface area contributed by atoms with Gasteiger partial charge in [-0.2, -0.15) is 0 Å². The number of aromatic nitrogens is 1. The third kappa shape index (κ3) is 8.36. The molecular weight excluding hydrogens is 457 g/mol. The van der Waals surface area contributed by atoms with E-state index in [1.807, 2.05) is 6.07 Å². The number of guanidine groups is 1. The lowest BCUT2D eigenvalue weighted by atomic mass is 10.1. The van der Waals surface area contributed by atoms with E-state index in [0.717, 1.165) is 11.5 Å². The van der Waals surface area contributed by atoms with Crippen molar-refractivity contribution in [1.82, 2.24) is 20.1 Å². The Bertz CT molecular complexity index is 631. The van der Waals surface area contributed by atoms with Crippen LogP contribution in [-0.2, 0) is 16.6 Å². The van der Waals surface area contributed by atoms with Crippen molar-refractivity contribution in [1.29, 1.82) is 0 Å². The lowest BCUT2D eigenvalue weighted by molar-refractivity contribution is 0.372. The SMILES string of the molecule is CCS(=O)(=O)N(C)CCCNC(=NC)NCc1cc(C(C)C)no1.I. The van der Waals surface area contributed by atoms with Crippen LogP contribution in [0.2, 0.25) is 0 Å². The predicted octanol–water partition coefficient (Wildman–Crippen LogP) is 1.75. The highest BCUT2D eigenvalue weighted by molar-refractivity contribution is 14.0. The average molecular weight is 487 g/mol. The van der Waals surface area contributed by atoms with Gasteiger partial charge in [0, 0.05) is 33.3 Å². The van der Waals surface area contributed by atoms with Crippen LogP contribution in [0.5, 0.6) is 0 Å². The fourth-order valence-corrected chi connectivity index (χ4v) is 2.79. The van der Waals surface area contributed by atoms with Gasteiger partial charge in [-0.05, 0) is 19.3 Å². The number of aliphatic imine (C=N–C) groups is 1. The van der Waals surface area contributed by atoms with E-state index in [2.05, 4.69) is 34.6 Å². The number of halogens is 1. The summed E-state index contributed by atoms with van der Waals surface area (Å²) in [5.74, 6) is 1.83. The Kier molecular flexibility index (Phi) is 11.3. The normalized spacial score (nSPS) is 12.4. The van der Waals surface area contributed by atoms with E-state index in [1.54, 1.807) is 21.0 Å². The number of nitrogens with zero attached hydrogens (tertiary/aromatic N) is 3. The molecule has 0 unspecified atom stereocenters. The van der Waals surface area contributed by atoms with Crippen LogP contribution >= 0.6 is 24.0 Å². The van der Waals surface area contributed by atoms with Crippen molar-refractivity contribution in [3.8, 4) is 0 Å². The standard InChI is InChI=1S/C15H29N5O3S.HI/c1-6-24(21,22)20(5)9-7-8-17-15(16-4)18-11-13-10-14(12(2)3)19-23-13;/h10,12H,6-9,11H2,1-5H3,(H2,16,17,18);1H. The molecule has 0 aromatic carbocycles. The second-order valence-electron chi connectivity index (χ2n) is 5.80. The molecule has 0 aliphatic heterocycles. The number of hydrogen-bond acceptors (Lipinski definition) is 5. The third-order valence-corrected chi connectivity index (χ3v) is 5.47. The molecule has 0 saturated carbocycles. The van der Waals surface area contributed by atoms with Gasteiger partial charge in [0.1, 0.15) is 0 Å². The van der Waals surface area contributed by atoms with Gasteiger partial charge in [0.05, 0.1) is 18.0 Å². The minimum absolute atomic E-state index is 0. The molecule has 0 aliphatic rings. The van der Waals surface area contributed by atoms with Crippen molar-refractivity contribution in [3.63, 3.8) is 0 Å². The molecule has 0 atom stereocenters. The van der Waals surface area contributed by atoms with E-state index in [0.29, 0.717) is 37.9 Å². The van der Waals surface area contributed by atoms with Crippen LogP contribution in [0.1, 0.15) is 44.6 Å². The largest absolute Gasteiger partial charge is 0.359 e. The lowest BCUT2D eigenvalue weighted by Gasteiger charge is -2.16. The Balaban J connectivity index is 0.00000576. The van der Waals surface area contributed by atoms with Crippen LogP contribution in [0.15, 0.2) is 15.6 Å². The summed E-state index contributed by atoms with van der Waals surface area (Å²) in [6.45, 7) is 7.35. The van der Waals surface area contributed by atoms with Crippen LogP contribution < -0.4 is 10.6 Å². The van der Waals surface area contributed by atoms with Gasteiger partial charge in [0.2, 0.25) is 10.0 Å². The molecule has 0 radical (unpaired) electrons. The lowest BCUT2D eigenvalue weighted by Crippen LogP contribution is -2.38. The molecule has 1 aromatic heterocycles. The average Bonchev–Trinajstić information content (AvgIpc) is 3.03. The molecule has 0 spiro atoms. The zero-order valence-corrected chi connectivity index (χ0v) is 18.7. The van der Waals surface area contributed by atoms with Crippen molar-refractivity contribution >= 4 is 40.0 Å². The molecule has 0 amide bonds. The van der Waals surface area contributed by atoms with E-state index in [9.17, 15) is 8.42 Å². The molecule has 1 rings (SSSR count). The summed E-state index contributed by atoms with van der Waals surface area (Å²) in [4.78, 5) is 4.13. The maximum atomic E-state index is 11.6. The fourth-order valence-electron chi connectivity index (χ4n) is 1.94. The predicted molar refractivity (Wildman–Crippen MR) is 111 cm³/mol. The van der Waals surface area contributed by atoms with Gasteiger partial charge >= 0.3 is 0 Å². The molecule has 0 saturated heterocycles. The second-order valence-corrected chi connectivity index (χ2v) is 8.17. The topological polar surface area (TPSA) is 99.8 Å².